The number of halogens is 1. The van der Waals surface area contributed by atoms with Crippen molar-refractivity contribution in [2.75, 3.05) is 0 Å². The smallest absolute Gasteiger partial charge is 0.0659 e. The number of allylic oxidation sites excluding steroid dienone is 1. The Kier molecular flexibility index (Phi) is 16.6. The van der Waals surface area contributed by atoms with Gasteiger partial charge in [-0.15, -0.1) is 6.58 Å². The second-order valence-electron chi connectivity index (χ2n) is 5.46. The maximum atomic E-state index is 9.18. The van der Waals surface area contributed by atoms with Gasteiger partial charge in [-0.25, -0.2) is 0 Å². The van der Waals surface area contributed by atoms with Gasteiger partial charge in [0, 0.05) is 10.4 Å². The Morgan fingerprint density at radius 3 is 2.00 bits per heavy atom. The average molecular weight is 380 g/mol. The maximum Gasteiger partial charge on any atom is 0.0659 e. The minimum absolute atomic E-state index is 0.0673. The molecule has 1 aromatic carbocycles. The summed E-state index contributed by atoms with van der Waals surface area (Å²) in [5.74, 6) is 0.960. The van der Waals surface area contributed by atoms with Crippen LogP contribution in [0.15, 0.2) is 41.4 Å². The lowest BCUT2D eigenvalue weighted by Crippen LogP contribution is -2.16. The van der Waals surface area contributed by atoms with Crippen LogP contribution in [0.1, 0.15) is 72.3 Å². The zero-order valence-electron chi connectivity index (χ0n) is 15.8. The van der Waals surface area contributed by atoms with Gasteiger partial charge >= 0.3 is 0 Å². The molecule has 0 aromatic heterocycles. The van der Waals surface area contributed by atoms with Gasteiger partial charge in [-0.3, -0.25) is 0 Å². The van der Waals surface area contributed by atoms with Crippen LogP contribution in [0.25, 0.3) is 0 Å². The molecule has 0 saturated heterocycles. The van der Waals surface area contributed by atoms with Gasteiger partial charge in [0.25, 0.3) is 0 Å². The normalized spacial score (nSPS) is 13.1. The van der Waals surface area contributed by atoms with E-state index in [4.69, 9.17) is 0 Å². The highest BCUT2D eigenvalue weighted by Gasteiger charge is 2.24. The van der Waals surface area contributed by atoms with Crippen molar-refractivity contribution in [3.63, 3.8) is 0 Å². The van der Waals surface area contributed by atoms with E-state index in [1.807, 2.05) is 26.8 Å². The lowest BCUT2D eigenvalue weighted by molar-refractivity contribution is 0.370. The molecule has 3 unspecified atom stereocenters. The van der Waals surface area contributed by atoms with Crippen LogP contribution >= 0.6 is 15.9 Å². The van der Waals surface area contributed by atoms with E-state index in [0.717, 1.165) is 10.9 Å². The van der Waals surface area contributed by atoms with Gasteiger partial charge in [0.15, 0.2) is 0 Å². The number of hydrogen-bond donors (Lipinski definition) is 0. The van der Waals surface area contributed by atoms with Crippen LogP contribution in [0.4, 0.5) is 0 Å². The second-order valence-corrected chi connectivity index (χ2v) is 6.37. The van der Waals surface area contributed by atoms with E-state index in [1.54, 1.807) is 0 Å². The Hall–Kier alpha value is -1.07. The van der Waals surface area contributed by atoms with Crippen LogP contribution in [0.2, 0.25) is 0 Å². The molecule has 0 aliphatic carbocycles. The minimum Gasteiger partial charge on any atom is -0.198 e. The van der Waals surface area contributed by atoms with Gasteiger partial charge in [-0.1, -0.05) is 81.6 Å². The SMILES string of the molecule is C=CCC.CC.CCCC(C)C(c1ccc(Br)cc1)C(C)C#N. The first-order valence-corrected chi connectivity index (χ1v) is 9.56. The van der Waals surface area contributed by atoms with Crippen molar-refractivity contribution < 1.29 is 0 Å². The first-order valence-electron chi connectivity index (χ1n) is 8.77. The molecule has 0 aliphatic rings. The van der Waals surface area contributed by atoms with E-state index in [2.05, 4.69) is 73.6 Å². The quantitative estimate of drug-likeness (QED) is 0.463. The minimum atomic E-state index is 0.0673. The molecular formula is C21H34BrN. The summed E-state index contributed by atoms with van der Waals surface area (Å²) in [6.45, 7) is 16.0. The molecule has 0 amide bonds. The third-order valence-corrected chi connectivity index (χ3v) is 4.17. The third-order valence-electron chi connectivity index (χ3n) is 3.64. The zero-order valence-corrected chi connectivity index (χ0v) is 17.4. The number of benzene rings is 1. The predicted octanol–water partition coefficient (Wildman–Crippen LogP) is 7.74. The van der Waals surface area contributed by atoms with Gasteiger partial charge in [0.05, 0.1) is 12.0 Å². The van der Waals surface area contributed by atoms with E-state index in [1.165, 1.54) is 18.4 Å². The molecule has 0 radical (unpaired) electrons. The maximum absolute atomic E-state index is 9.18. The molecule has 0 spiro atoms. The molecule has 0 saturated carbocycles. The van der Waals surface area contributed by atoms with Crippen LogP contribution in [0.3, 0.4) is 0 Å². The van der Waals surface area contributed by atoms with Crippen molar-refractivity contribution in [3.05, 3.63) is 47.0 Å². The molecular weight excluding hydrogens is 346 g/mol. The fourth-order valence-electron chi connectivity index (χ4n) is 2.51. The molecule has 2 heteroatoms. The number of nitrogens with zero attached hydrogens (tertiary/aromatic N) is 1. The summed E-state index contributed by atoms with van der Waals surface area (Å²) in [7, 11) is 0. The first-order chi connectivity index (χ1) is 11.0. The number of rotatable bonds is 6. The van der Waals surface area contributed by atoms with Crippen molar-refractivity contribution in [2.24, 2.45) is 11.8 Å². The van der Waals surface area contributed by atoms with Crippen molar-refractivity contribution in [1.82, 2.24) is 0 Å². The summed E-state index contributed by atoms with van der Waals surface area (Å²) in [6, 6.07) is 10.8. The Bertz CT molecular complexity index is 430. The molecule has 3 atom stereocenters. The topological polar surface area (TPSA) is 23.8 Å². The van der Waals surface area contributed by atoms with E-state index in [9.17, 15) is 5.26 Å². The fourth-order valence-corrected chi connectivity index (χ4v) is 2.77. The summed E-state index contributed by atoms with van der Waals surface area (Å²) >= 11 is 3.45. The summed E-state index contributed by atoms with van der Waals surface area (Å²) in [5, 5.41) is 9.18. The summed E-state index contributed by atoms with van der Waals surface area (Å²) in [6.07, 6.45) is 5.30. The van der Waals surface area contributed by atoms with Crippen molar-refractivity contribution >= 4 is 15.9 Å². The highest BCUT2D eigenvalue weighted by atomic mass is 79.9. The molecule has 0 aliphatic heterocycles. The van der Waals surface area contributed by atoms with Crippen LogP contribution < -0.4 is 0 Å². The van der Waals surface area contributed by atoms with Crippen molar-refractivity contribution in [1.29, 1.82) is 5.26 Å². The van der Waals surface area contributed by atoms with Crippen molar-refractivity contribution in [3.8, 4) is 6.07 Å². The number of hydrogen-bond acceptors (Lipinski definition) is 1. The summed E-state index contributed by atoms with van der Waals surface area (Å²) in [5.41, 5.74) is 1.28. The Balaban J connectivity index is 0. The summed E-state index contributed by atoms with van der Waals surface area (Å²) < 4.78 is 1.09. The van der Waals surface area contributed by atoms with E-state index in [-0.39, 0.29) is 5.92 Å². The molecule has 130 valence electrons. The standard InChI is InChI=1S/C15H20BrN.C4H8.C2H6/c1-4-5-11(2)15(12(3)10-17)13-6-8-14(16)9-7-13;1-3-4-2;1-2/h6-9,11-12,15H,4-5H2,1-3H3;3H,1,4H2,2H3;1-2H3. The largest absolute Gasteiger partial charge is 0.198 e. The van der Waals surface area contributed by atoms with Gasteiger partial charge in [0.1, 0.15) is 0 Å². The van der Waals surface area contributed by atoms with Crippen LogP contribution in [0.5, 0.6) is 0 Å². The molecule has 23 heavy (non-hydrogen) atoms. The Morgan fingerprint density at radius 1 is 1.17 bits per heavy atom. The van der Waals surface area contributed by atoms with Crippen LogP contribution in [-0.4, -0.2) is 0 Å². The highest BCUT2D eigenvalue weighted by Crippen LogP contribution is 2.34. The van der Waals surface area contributed by atoms with Gasteiger partial charge in [-0.2, -0.15) is 5.26 Å². The van der Waals surface area contributed by atoms with E-state index < -0.39 is 0 Å². The molecule has 1 aromatic rings. The summed E-state index contributed by atoms with van der Waals surface area (Å²) in [4.78, 5) is 0. The monoisotopic (exact) mass is 379 g/mol. The average Bonchev–Trinajstić information content (AvgIpc) is 2.59. The van der Waals surface area contributed by atoms with E-state index >= 15 is 0 Å². The molecule has 0 N–H and O–H groups in total. The third kappa shape index (κ3) is 10.3. The van der Waals surface area contributed by atoms with Crippen LogP contribution in [-0.2, 0) is 0 Å². The molecule has 0 bridgehead atoms. The second kappa shape index (κ2) is 15.8. The number of nitriles is 1. The lowest BCUT2D eigenvalue weighted by Gasteiger charge is -2.26. The van der Waals surface area contributed by atoms with Gasteiger partial charge in [-0.05, 0) is 37.0 Å². The van der Waals surface area contributed by atoms with E-state index in [0.29, 0.717) is 11.8 Å². The molecule has 1 nitrogen and oxygen atoms in total. The lowest BCUT2D eigenvalue weighted by atomic mass is 9.77. The fraction of sp³-hybridized carbons (Fsp3) is 0.571. The predicted molar refractivity (Wildman–Crippen MR) is 108 cm³/mol. The van der Waals surface area contributed by atoms with Crippen molar-refractivity contribution in [2.45, 2.75) is 66.7 Å². The van der Waals surface area contributed by atoms with Crippen LogP contribution in [0, 0.1) is 23.2 Å². The Labute approximate surface area is 152 Å². The van der Waals surface area contributed by atoms with Gasteiger partial charge in [0.2, 0.25) is 0 Å². The molecule has 1 rings (SSSR count). The highest BCUT2D eigenvalue weighted by molar-refractivity contribution is 9.10. The first kappa shape index (κ1) is 24.2. The zero-order chi connectivity index (χ0) is 18.3. The van der Waals surface area contributed by atoms with Gasteiger partial charge < -0.3 is 0 Å². The molecule has 0 fully saturated rings. The Morgan fingerprint density at radius 2 is 1.65 bits per heavy atom. The molecule has 0 heterocycles.